The van der Waals surface area contributed by atoms with Gasteiger partial charge in [-0.1, -0.05) is 0 Å². The number of nitrogens with zero attached hydrogens (tertiary/aromatic N) is 1. The van der Waals surface area contributed by atoms with Crippen molar-refractivity contribution in [2.75, 3.05) is 12.3 Å². The first-order valence-corrected chi connectivity index (χ1v) is 7.10. The monoisotopic (exact) mass is 292 g/mol. The van der Waals surface area contributed by atoms with E-state index in [4.69, 9.17) is 11.5 Å². The summed E-state index contributed by atoms with van der Waals surface area (Å²) in [6.45, 7) is 0.493. The zero-order valence-corrected chi connectivity index (χ0v) is 11.7. The summed E-state index contributed by atoms with van der Waals surface area (Å²) in [6, 6.07) is 3.63. The normalized spacial score (nSPS) is 10.6. The van der Waals surface area contributed by atoms with Crippen molar-refractivity contribution in [3.8, 4) is 0 Å². The molecule has 0 aliphatic carbocycles. The van der Waals surface area contributed by atoms with Crippen LogP contribution in [0.1, 0.15) is 28.9 Å². The van der Waals surface area contributed by atoms with Gasteiger partial charge in [-0.3, -0.25) is 9.59 Å². The molecule has 0 saturated carbocycles. The molecule has 0 unspecified atom stereocenters. The molecular formula is C13H16N4O2S. The van der Waals surface area contributed by atoms with Crippen molar-refractivity contribution in [1.29, 1.82) is 0 Å². The van der Waals surface area contributed by atoms with Crippen molar-refractivity contribution in [3.05, 3.63) is 23.2 Å². The van der Waals surface area contributed by atoms with Gasteiger partial charge >= 0.3 is 0 Å². The number of amides is 2. The van der Waals surface area contributed by atoms with Gasteiger partial charge in [-0.25, -0.2) is 4.98 Å². The summed E-state index contributed by atoms with van der Waals surface area (Å²) in [5, 5.41) is 3.59. The molecule has 2 aromatic heterocycles. The van der Waals surface area contributed by atoms with Crippen molar-refractivity contribution < 1.29 is 9.59 Å². The Bertz CT molecular complexity index is 638. The number of aromatic nitrogens is 1. The molecule has 0 aliphatic heterocycles. The Hall–Kier alpha value is -2.15. The highest BCUT2D eigenvalue weighted by Crippen LogP contribution is 2.31. The number of thiophene rings is 1. The smallest absolute Gasteiger partial charge is 0.263 e. The molecule has 2 heterocycles. The van der Waals surface area contributed by atoms with Crippen molar-refractivity contribution in [3.63, 3.8) is 0 Å². The lowest BCUT2D eigenvalue weighted by Crippen LogP contribution is -2.24. The minimum atomic E-state index is -0.323. The second-order valence-electron chi connectivity index (χ2n) is 4.38. The van der Waals surface area contributed by atoms with Gasteiger partial charge in [0.1, 0.15) is 9.71 Å². The Kier molecular flexibility index (Phi) is 4.52. The summed E-state index contributed by atoms with van der Waals surface area (Å²) in [5.41, 5.74) is 11.5. The molecule has 20 heavy (non-hydrogen) atoms. The number of nitrogens with one attached hydrogen (secondary N) is 1. The van der Waals surface area contributed by atoms with Gasteiger partial charge in [0.2, 0.25) is 5.91 Å². The minimum Gasteiger partial charge on any atom is -0.397 e. The maximum absolute atomic E-state index is 12.0. The molecule has 0 bridgehead atoms. The van der Waals surface area contributed by atoms with Crippen molar-refractivity contribution in [1.82, 2.24) is 10.3 Å². The Morgan fingerprint density at radius 1 is 1.35 bits per heavy atom. The number of nitrogen functional groups attached to an aromatic ring is 1. The summed E-state index contributed by atoms with van der Waals surface area (Å²) in [6.07, 6.45) is 3.38. The topological polar surface area (TPSA) is 111 Å². The van der Waals surface area contributed by atoms with Gasteiger partial charge < -0.3 is 16.8 Å². The van der Waals surface area contributed by atoms with Crippen molar-refractivity contribution in [2.24, 2.45) is 5.73 Å². The quantitative estimate of drug-likeness (QED) is 0.696. The molecule has 0 aromatic carbocycles. The highest BCUT2D eigenvalue weighted by atomic mass is 32.1. The van der Waals surface area contributed by atoms with E-state index in [1.54, 1.807) is 12.3 Å². The predicted octanol–water partition coefficient (Wildman–Crippen LogP) is 1.26. The number of carbonyl (C=O) groups is 2. The molecule has 0 fully saturated rings. The minimum absolute atomic E-state index is 0.204. The lowest BCUT2D eigenvalue weighted by molar-refractivity contribution is -0.118. The number of carbonyl (C=O) groups excluding carboxylic acids is 2. The molecule has 0 spiro atoms. The number of nitrogens with two attached hydrogens (primary N) is 2. The molecule has 2 aromatic rings. The maximum atomic E-state index is 12.0. The number of anilines is 1. The maximum Gasteiger partial charge on any atom is 0.263 e. The fraction of sp³-hybridized carbons (Fsp3) is 0.308. The molecule has 2 amide bonds. The van der Waals surface area contributed by atoms with E-state index < -0.39 is 0 Å². The van der Waals surface area contributed by atoms with Crippen LogP contribution in [-0.2, 0) is 4.79 Å². The van der Waals surface area contributed by atoms with Gasteiger partial charge in [-0.05, 0) is 25.0 Å². The average Bonchev–Trinajstić information content (AvgIpc) is 2.76. The van der Waals surface area contributed by atoms with Crippen LogP contribution in [-0.4, -0.2) is 23.3 Å². The SMILES string of the molecule is NC(=O)CCCCNC(=O)c1sc2ncccc2c1N. The van der Waals surface area contributed by atoms with Crippen LogP contribution in [0, 0.1) is 0 Å². The lowest BCUT2D eigenvalue weighted by atomic mass is 10.2. The molecule has 2 rings (SSSR count). The number of rotatable bonds is 6. The molecule has 0 aliphatic rings. The lowest BCUT2D eigenvalue weighted by Gasteiger charge is -2.03. The molecule has 0 saturated heterocycles. The summed E-state index contributed by atoms with van der Waals surface area (Å²) < 4.78 is 0. The Morgan fingerprint density at radius 3 is 2.85 bits per heavy atom. The molecule has 0 atom stereocenters. The summed E-state index contributed by atoms with van der Waals surface area (Å²) in [4.78, 5) is 28.0. The van der Waals surface area contributed by atoms with E-state index in [2.05, 4.69) is 10.3 Å². The molecule has 106 valence electrons. The summed E-state index contributed by atoms with van der Waals surface area (Å²) in [7, 11) is 0. The van der Waals surface area contributed by atoms with E-state index in [1.165, 1.54) is 11.3 Å². The highest BCUT2D eigenvalue weighted by Gasteiger charge is 2.16. The van der Waals surface area contributed by atoms with Crippen LogP contribution in [0.5, 0.6) is 0 Å². The van der Waals surface area contributed by atoms with Crippen molar-refractivity contribution in [2.45, 2.75) is 19.3 Å². The van der Waals surface area contributed by atoms with Gasteiger partial charge in [0.05, 0.1) is 5.69 Å². The zero-order chi connectivity index (χ0) is 14.5. The Labute approximate surface area is 120 Å². The summed E-state index contributed by atoms with van der Waals surface area (Å²) >= 11 is 1.28. The van der Waals surface area contributed by atoms with Gasteiger partial charge in [0.25, 0.3) is 5.91 Å². The first kappa shape index (κ1) is 14.3. The number of hydrogen-bond acceptors (Lipinski definition) is 5. The largest absolute Gasteiger partial charge is 0.397 e. The van der Waals surface area contributed by atoms with Crippen LogP contribution >= 0.6 is 11.3 Å². The number of pyridine rings is 1. The van der Waals surface area contributed by atoms with Gasteiger partial charge in [-0.2, -0.15) is 0 Å². The van der Waals surface area contributed by atoms with Crippen LogP contribution in [0.15, 0.2) is 18.3 Å². The van der Waals surface area contributed by atoms with E-state index in [1.807, 2.05) is 6.07 Å². The average molecular weight is 292 g/mol. The number of hydrogen-bond donors (Lipinski definition) is 3. The standard InChI is InChI=1S/C13H16N4O2S/c14-9(18)5-1-2-6-16-12(19)11-10(15)8-4-3-7-17-13(8)20-11/h3-4,7H,1-2,5-6,15H2,(H2,14,18)(H,16,19). The number of unbranched alkanes of at least 4 members (excludes halogenated alkanes) is 1. The Balaban J connectivity index is 1.94. The second-order valence-corrected chi connectivity index (χ2v) is 5.38. The van der Waals surface area contributed by atoms with Gasteiger partial charge in [-0.15, -0.1) is 11.3 Å². The first-order chi connectivity index (χ1) is 9.59. The predicted molar refractivity (Wildman–Crippen MR) is 79.4 cm³/mol. The molecule has 7 heteroatoms. The van der Waals surface area contributed by atoms with E-state index in [0.29, 0.717) is 36.4 Å². The third kappa shape index (κ3) is 3.24. The zero-order valence-electron chi connectivity index (χ0n) is 10.9. The molecular weight excluding hydrogens is 276 g/mol. The van der Waals surface area contributed by atoms with Crippen molar-refractivity contribution >= 4 is 39.1 Å². The summed E-state index contributed by atoms with van der Waals surface area (Å²) in [5.74, 6) is -0.527. The highest BCUT2D eigenvalue weighted by molar-refractivity contribution is 7.21. The molecule has 5 N–H and O–H groups in total. The third-order valence-corrected chi connectivity index (χ3v) is 3.97. The van der Waals surface area contributed by atoms with Gasteiger partial charge in [0, 0.05) is 24.5 Å². The van der Waals surface area contributed by atoms with Crippen LogP contribution < -0.4 is 16.8 Å². The van der Waals surface area contributed by atoms with Crippen LogP contribution in [0.25, 0.3) is 10.2 Å². The fourth-order valence-electron chi connectivity index (χ4n) is 1.83. The van der Waals surface area contributed by atoms with Crippen LogP contribution in [0.3, 0.4) is 0 Å². The Morgan fingerprint density at radius 2 is 2.15 bits per heavy atom. The number of primary amides is 1. The van der Waals surface area contributed by atoms with Crippen LogP contribution in [0.2, 0.25) is 0 Å². The van der Waals surface area contributed by atoms with E-state index in [-0.39, 0.29) is 11.8 Å². The molecule has 0 radical (unpaired) electrons. The van der Waals surface area contributed by atoms with E-state index in [0.717, 1.165) is 10.2 Å². The second kappa shape index (κ2) is 6.33. The first-order valence-electron chi connectivity index (χ1n) is 6.29. The van der Waals surface area contributed by atoms with Gasteiger partial charge in [0.15, 0.2) is 0 Å². The van der Waals surface area contributed by atoms with Crippen LogP contribution in [0.4, 0.5) is 5.69 Å². The molecule has 6 nitrogen and oxygen atoms in total. The third-order valence-electron chi connectivity index (χ3n) is 2.85. The van der Waals surface area contributed by atoms with E-state index >= 15 is 0 Å². The van der Waals surface area contributed by atoms with E-state index in [9.17, 15) is 9.59 Å². The fourth-order valence-corrected chi connectivity index (χ4v) is 2.81. The number of fused-ring (bicyclic) bond motifs is 1.